The Morgan fingerprint density at radius 3 is 3.06 bits per heavy atom. The van der Waals surface area contributed by atoms with Crippen LogP contribution < -0.4 is 0 Å². The first-order valence-corrected chi connectivity index (χ1v) is 6.84. The lowest BCUT2D eigenvalue weighted by Crippen LogP contribution is -2.14. The summed E-state index contributed by atoms with van der Waals surface area (Å²) in [5, 5.41) is 3.92. The molecular weight excluding hydrogens is 240 g/mol. The van der Waals surface area contributed by atoms with Crippen LogP contribution in [0.15, 0.2) is 4.52 Å². The van der Waals surface area contributed by atoms with Crippen molar-refractivity contribution < 1.29 is 14.1 Å². The van der Waals surface area contributed by atoms with Gasteiger partial charge in [-0.15, -0.1) is 0 Å². The van der Waals surface area contributed by atoms with Crippen molar-refractivity contribution in [3.63, 3.8) is 0 Å². The van der Waals surface area contributed by atoms with E-state index in [1.54, 1.807) is 11.8 Å². The molecule has 0 bridgehead atoms. The molecule has 1 aliphatic rings. The number of rotatable bonds is 6. The van der Waals surface area contributed by atoms with Crippen LogP contribution in [0.2, 0.25) is 0 Å². The maximum atomic E-state index is 11.2. The summed E-state index contributed by atoms with van der Waals surface area (Å²) in [5.41, 5.74) is 0. The molecule has 2 rings (SSSR count). The number of ether oxygens (including phenoxy) is 1. The van der Waals surface area contributed by atoms with Gasteiger partial charge in [0.1, 0.15) is 0 Å². The second-order valence-corrected chi connectivity index (χ2v) is 5.29. The van der Waals surface area contributed by atoms with E-state index in [0.717, 1.165) is 18.7 Å². The minimum Gasteiger partial charge on any atom is -0.469 e. The highest BCUT2D eigenvalue weighted by molar-refractivity contribution is 7.98. The summed E-state index contributed by atoms with van der Waals surface area (Å²) in [4.78, 5) is 15.5. The van der Waals surface area contributed by atoms with Crippen LogP contribution >= 0.6 is 11.8 Å². The van der Waals surface area contributed by atoms with Gasteiger partial charge in [0, 0.05) is 11.7 Å². The van der Waals surface area contributed by atoms with E-state index in [-0.39, 0.29) is 11.9 Å². The van der Waals surface area contributed by atoms with Gasteiger partial charge in [-0.25, -0.2) is 0 Å². The number of nitrogens with zero attached hydrogens (tertiary/aromatic N) is 2. The molecule has 0 amide bonds. The lowest BCUT2D eigenvalue weighted by Gasteiger charge is -2.06. The third-order valence-electron chi connectivity index (χ3n) is 2.61. The summed E-state index contributed by atoms with van der Waals surface area (Å²) >= 11 is 1.62. The average Bonchev–Trinajstić information content (AvgIpc) is 3.08. The zero-order valence-corrected chi connectivity index (χ0v) is 10.8. The van der Waals surface area contributed by atoms with Gasteiger partial charge in [-0.2, -0.15) is 16.7 Å². The first-order valence-electron chi connectivity index (χ1n) is 5.68. The predicted octanol–water partition coefficient (Wildman–Crippen LogP) is 1.99. The monoisotopic (exact) mass is 256 g/mol. The summed E-state index contributed by atoms with van der Waals surface area (Å²) in [7, 11) is 1.41. The molecule has 17 heavy (non-hydrogen) atoms. The standard InChI is InChI=1S/C11H16N2O3S/c1-7(11(14)15-2)5-17-6-9-12-10(16-13-9)8-3-4-8/h7-8H,3-6H2,1-2H3. The Morgan fingerprint density at radius 1 is 1.65 bits per heavy atom. The summed E-state index contributed by atoms with van der Waals surface area (Å²) < 4.78 is 9.81. The van der Waals surface area contributed by atoms with E-state index in [1.807, 2.05) is 6.92 Å². The van der Waals surface area contributed by atoms with Crippen molar-refractivity contribution in [3.8, 4) is 0 Å². The molecule has 0 saturated heterocycles. The number of hydrogen-bond donors (Lipinski definition) is 0. The van der Waals surface area contributed by atoms with Gasteiger partial charge in [0.25, 0.3) is 0 Å². The van der Waals surface area contributed by atoms with E-state index in [9.17, 15) is 4.79 Å². The van der Waals surface area contributed by atoms with Crippen molar-refractivity contribution in [1.29, 1.82) is 0 Å². The number of hydrogen-bond acceptors (Lipinski definition) is 6. The summed E-state index contributed by atoms with van der Waals surface area (Å²) in [6, 6.07) is 0. The van der Waals surface area contributed by atoms with Crippen LogP contribution in [-0.2, 0) is 15.3 Å². The fraction of sp³-hybridized carbons (Fsp3) is 0.727. The number of carbonyl (C=O) groups excluding carboxylic acids is 1. The van der Waals surface area contributed by atoms with Crippen LogP contribution in [0.1, 0.15) is 37.4 Å². The number of esters is 1. The van der Waals surface area contributed by atoms with E-state index >= 15 is 0 Å². The number of methoxy groups -OCH3 is 1. The highest BCUT2D eigenvalue weighted by atomic mass is 32.2. The molecule has 1 aliphatic carbocycles. The van der Waals surface area contributed by atoms with Crippen molar-refractivity contribution in [2.75, 3.05) is 12.9 Å². The molecule has 5 nitrogen and oxygen atoms in total. The second-order valence-electron chi connectivity index (χ2n) is 4.26. The molecule has 0 spiro atoms. The minimum atomic E-state index is -0.177. The topological polar surface area (TPSA) is 65.2 Å². The van der Waals surface area contributed by atoms with Gasteiger partial charge in [-0.05, 0) is 12.8 Å². The fourth-order valence-corrected chi connectivity index (χ4v) is 2.33. The van der Waals surface area contributed by atoms with Crippen LogP contribution in [0.4, 0.5) is 0 Å². The van der Waals surface area contributed by atoms with Crippen molar-refractivity contribution in [1.82, 2.24) is 10.1 Å². The van der Waals surface area contributed by atoms with Gasteiger partial charge in [0.05, 0.1) is 18.8 Å². The molecule has 0 aromatic carbocycles. The van der Waals surface area contributed by atoms with E-state index in [0.29, 0.717) is 23.2 Å². The number of aromatic nitrogens is 2. The fourth-order valence-electron chi connectivity index (χ4n) is 1.42. The third kappa shape index (κ3) is 3.46. The first-order chi connectivity index (χ1) is 8.20. The number of thioether (sulfide) groups is 1. The van der Waals surface area contributed by atoms with Gasteiger partial charge < -0.3 is 9.26 Å². The van der Waals surface area contributed by atoms with Gasteiger partial charge in [-0.3, -0.25) is 4.79 Å². The van der Waals surface area contributed by atoms with Crippen molar-refractivity contribution in [3.05, 3.63) is 11.7 Å². The van der Waals surface area contributed by atoms with Gasteiger partial charge in [0.2, 0.25) is 5.89 Å². The maximum Gasteiger partial charge on any atom is 0.309 e. The van der Waals surface area contributed by atoms with E-state index in [4.69, 9.17) is 4.52 Å². The third-order valence-corrected chi connectivity index (χ3v) is 3.81. The van der Waals surface area contributed by atoms with Gasteiger partial charge in [-0.1, -0.05) is 12.1 Å². The Kier molecular flexibility index (Phi) is 4.04. The predicted molar refractivity (Wildman–Crippen MR) is 63.6 cm³/mol. The lowest BCUT2D eigenvalue weighted by molar-refractivity contribution is -0.143. The highest BCUT2D eigenvalue weighted by Crippen LogP contribution is 2.38. The molecule has 1 saturated carbocycles. The van der Waals surface area contributed by atoms with Crippen LogP contribution in [0.5, 0.6) is 0 Å². The molecule has 0 N–H and O–H groups in total. The highest BCUT2D eigenvalue weighted by Gasteiger charge is 2.29. The quantitative estimate of drug-likeness (QED) is 0.725. The van der Waals surface area contributed by atoms with E-state index < -0.39 is 0 Å². The molecule has 1 aromatic heterocycles. The number of carbonyl (C=O) groups is 1. The zero-order valence-electron chi connectivity index (χ0n) is 10.0. The Hall–Kier alpha value is -1.04. The van der Waals surface area contributed by atoms with Gasteiger partial charge in [0.15, 0.2) is 5.82 Å². The Morgan fingerprint density at radius 2 is 2.41 bits per heavy atom. The lowest BCUT2D eigenvalue weighted by atomic mass is 10.2. The second kappa shape index (κ2) is 5.53. The van der Waals surface area contributed by atoms with Crippen LogP contribution in [0, 0.1) is 5.92 Å². The molecule has 0 aliphatic heterocycles. The summed E-state index contributed by atoms with van der Waals surface area (Å²) in [5.74, 6) is 3.09. The molecule has 1 fully saturated rings. The first kappa shape index (κ1) is 12.4. The molecule has 0 radical (unpaired) electrons. The SMILES string of the molecule is COC(=O)C(C)CSCc1noc(C2CC2)n1. The maximum absolute atomic E-state index is 11.2. The van der Waals surface area contributed by atoms with Crippen molar-refractivity contribution in [2.24, 2.45) is 5.92 Å². The molecule has 1 unspecified atom stereocenters. The molecular formula is C11H16N2O3S. The Balaban J connectivity index is 1.72. The van der Waals surface area contributed by atoms with E-state index in [2.05, 4.69) is 14.9 Å². The Bertz CT molecular complexity index is 390. The van der Waals surface area contributed by atoms with Crippen molar-refractivity contribution in [2.45, 2.75) is 31.4 Å². The molecule has 1 heterocycles. The molecule has 1 aromatic rings. The molecule has 94 valence electrons. The molecule has 6 heteroatoms. The minimum absolute atomic E-state index is 0.0974. The zero-order chi connectivity index (χ0) is 12.3. The van der Waals surface area contributed by atoms with Crippen molar-refractivity contribution >= 4 is 17.7 Å². The largest absolute Gasteiger partial charge is 0.469 e. The summed E-state index contributed by atoms with van der Waals surface area (Å²) in [6.45, 7) is 1.85. The van der Waals surface area contributed by atoms with Crippen LogP contribution in [-0.4, -0.2) is 29.0 Å². The Labute approximate surface area is 104 Å². The van der Waals surface area contributed by atoms with Gasteiger partial charge >= 0.3 is 5.97 Å². The summed E-state index contributed by atoms with van der Waals surface area (Å²) in [6.07, 6.45) is 2.32. The normalized spacial score (nSPS) is 16.8. The molecule has 1 atom stereocenters. The van der Waals surface area contributed by atoms with E-state index in [1.165, 1.54) is 7.11 Å². The smallest absolute Gasteiger partial charge is 0.309 e. The average molecular weight is 256 g/mol. The van der Waals surface area contributed by atoms with Crippen LogP contribution in [0.25, 0.3) is 0 Å². The van der Waals surface area contributed by atoms with Crippen LogP contribution in [0.3, 0.4) is 0 Å².